The fourth-order valence-corrected chi connectivity index (χ4v) is 6.47. The number of hydrogen-bond donors (Lipinski definition) is 3. The predicted octanol–water partition coefficient (Wildman–Crippen LogP) is 2.99. The van der Waals surface area contributed by atoms with Crippen molar-refractivity contribution in [3.63, 3.8) is 0 Å². The van der Waals surface area contributed by atoms with E-state index in [-0.39, 0.29) is 23.6 Å². The molecule has 8 nitrogen and oxygen atoms in total. The van der Waals surface area contributed by atoms with Gasteiger partial charge in [-0.25, -0.2) is 4.79 Å². The number of benzene rings is 2. The average Bonchev–Trinajstić information content (AvgIpc) is 3.26. The number of carbonyl (C=O) groups excluding carboxylic acids is 3. The van der Waals surface area contributed by atoms with Crippen molar-refractivity contribution in [1.82, 2.24) is 15.5 Å². The lowest BCUT2D eigenvalue weighted by molar-refractivity contribution is -0.142. The number of fused-ring (bicyclic) bond motifs is 3. The standard InChI is InChI=1S/C27H31N3O5S/c1-15(2)20(22(31)28-19(26(34)35)14-16-10-6-5-7-11-16)29-23(32)21-27(3,4)36-25-18-13-9-8-12-17(18)24(33)30(21)25/h5-13,15,19-21,25H,14H2,1-4H3,(H,28,31)(H,29,32)(H,34,35)/t19-,20-,21+,25+/m0/s1. The van der Waals surface area contributed by atoms with E-state index in [1.807, 2.05) is 32.0 Å². The third kappa shape index (κ3) is 4.84. The predicted molar refractivity (Wildman–Crippen MR) is 137 cm³/mol. The van der Waals surface area contributed by atoms with E-state index in [0.717, 1.165) is 11.1 Å². The van der Waals surface area contributed by atoms with Gasteiger partial charge >= 0.3 is 5.97 Å². The molecule has 4 rings (SSSR count). The molecule has 0 aromatic heterocycles. The highest BCUT2D eigenvalue weighted by molar-refractivity contribution is 8.01. The Bertz CT molecular complexity index is 1180. The molecule has 1 saturated heterocycles. The van der Waals surface area contributed by atoms with E-state index in [1.165, 1.54) is 0 Å². The van der Waals surface area contributed by atoms with Gasteiger partial charge in [0.25, 0.3) is 5.91 Å². The van der Waals surface area contributed by atoms with Gasteiger partial charge in [-0.2, -0.15) is 0 Å². The van der Waals surface area contributed by atoms with E-state index in [2.05, 4.69) is 10.6 Å². The summed E-state index contributed by atoms with van der Waals surface area (Å²) in [6.07, 6.45) is 0.120. The van der Waals surface area contributed by atoms with Crippen molar-refractivity contribution in [3.8, 4) is 0 Å². The van der Waals surface area contributed by atoms with Gasteiger partial charge in [-0.05, 0) is 37.0 Å². The molecule has 4 atom stereocenters. The first-order chi connectivity index (χ1) is 17.0. The van der Waals surface area contributed by atoms with Crippen molar-refractivity contribution in [2.75, 3.05) is 0 Å². The molecular weight excluding hydrogens is 478 g/mol. The maximum absolute atomic E-state index is 13.6. The number of hydrogen-bond acceptors (Lipinski definition) is 5. The molecule has 0 bridgehead atoms. The summed E-state index contributed by atoms with van der Waals surface area (Å²) in [7, 11) is 0. The van der Waals surface area contributed by atoms with E-state index in [9.17, 15) is 24.3 Å². The largest absolute Gasteiger partial charge is 0.480 e. The smallest absolute Gasteiger partial charge is 0.326 e. The summed E-state index contributed by atoms with van der Waals surface area (Å²) < 4.78 is -0.590. The molecule has 0 spiro atoms. The Morgan fingerprint density at radius 1 is 1.03 bits per heavy atom. The molecule has 2 aliphatic rings. The number of carbonyl (C=O) groups is 4. The van der Waals surface area contributed by atoms with E-state index < -0.39 is 40.7 Å². The van der Waals surface area contributed by atoms with E-state index in [0.29, 0.717) is 5.56 Å². The van der Waals surface area contributed by atoms with Gasteiger partial charge in [-0.15, -0.1) is 11.8 Å². The summed E-state index contributed by atoms with van der Waals surface area (Å²) in [6, 6.07) is 13.5. The Hall–Kier alpha value is -3.33. The molecule has 0 radical (unpaired) electrons. The highest BCUT2D eigenvalue weighted by Crippen LogP contribution is 2.56. The lowest BCUT2D eigenvalue weighted by atomic mass is 9.97. The third-order valence-electron chi connectivity index (χ3n) is 6.69. The molecule has 190 valence electrons. The van der Waals surface area contributed by atoms with E-state index in [4.69, 9.17) is 0 Å². The number of nitrogens with one attached hydrogen (secondary N) is 2. The molecule has 2 aromatic carbocycles. The van der Waals surface area contributed by atoms with Crippen LogP contribution in [-0.2, 0) is 20.8 Å². The molecular formula is C27H31N3O5S. The highest BCUT2D eigenvalue weighted by atomic mass is 32.2. The minimum absolute atomic E-state index is 0.120. The number of aliphatic carboxylic acids is 1. The summed E-state index contributed by atoms with van der Waals surface area (Å²) in [5.41, 5.74) is 2.25. The van der Waals surface area contributed by atoms with E-state index >= 15 is 0 Å². The molecule has 0 aliphatic carbocycles. The van der Waals surface area contributed by atoms with Gasteiger partial charge in [-0.1, -0.05) is 62.4 Å². The highest BCUT2D eigenvalue weighted by Gasteiger charge is 2.57. The lowest BCUT2D eigenvalue weighted by Gasteiger charge is -2.32. The van der Waals surface area contributed by atoms with Crippen molar-refractivity contribution in [1.29, 1.82) is 0 Å². The number of carboxylic acid groups (broad SMARTS) is 1. The third-order valence-corrected chi connectivity index (χ3v) is 8.22. The van der Waals surface area contributed by atoms with Crippen molar-refractivity contribution < 1.29 is 24.3 Å². The second-order valence-electron chi connectivity index (χ2n) is 10.1. The molecule has 2 aromatic rings. The first-order valence-corrected chi connectivity index (χ1v) is 12.9. The van der Waals surface area contributed by atoms with Crippen LogP contribution in [-0.4, -0.2) is 56.6 Å². The zero-order valence-electron chi connectivity index (χ0n) is 20.7. The second kappa shape index (κ2) is 9.97. The fourth-order valence-electron chi connectivity index (χ4n) is 4.88. The van der Waals surface area contributed by atoms with Crippen molar-refractivity contribution in [2.45, 2.75) is 62.4 Å². The van der Waals surface area contributed by atoms with Gasteiger partial charge < -0.3 is 20.6 Å². The number of nitrogens with zero attached hydrogens (tertiary/aromatic N) is 1. The topological polar surface area (TPSA) is 116 Å². The van der Waals surface area contributed by atoms with Gasteiger partial charge in [0.2, 0.25) is 11.8 Å². The van der Waals surface area contributed by atoms with Crippen LogP contribution in [0.5, 0.6) is 0 Å². The molecule has 2 aliphatic heterocycles. The number of thioether (sulfide) groups is 1. The maximum atomic E-state index is 13.6. The molecule has 3 N–H and O–H groups in total. The Morgan fingerprint density at radius 2 is 1.67 bits per heavy atom. The van der Waals surface area contributed by atoms with Gasteiger partial charge in [0.15, 0.2) is 0 Å². The molecule has 1 fully saturated rings. The van der Waals surface area contributed by atoms with Crippen LogP contribution in [0.4, 0.5) is 0 Å². The van der Waals surface area contributed by atoms with Gasteiger partial charge in [0, 0.05) is 16.7 Å². The Morgan fingerprint density at radius 3 is 2.31 bits per heavy atom. The molecule has 36 heavy (non-hydrogen) atoms. The van der Waals surface area contributed by atoms with Crippen molar-refractivity contribution in [2.24, 2.45) is 5.92 Å². The van der Waals surface area contributed by atoms with Crippen molar-refractivity contribution in [3.05, 3.63) is 71.3 Å². The summed E-state index contributed by atoms with van der Waals surface area (Å²) in [6.45, 7) is 7.40. The van der Waals surface area contributed by atoms with Crippen LogP contribution in [0, 0.1) is 5.92 Å². The van der Waals surface area contributed by atoms with Gasteiger partial charge in [0.1, 0.15) is 23.5 Å². The molecule has 3 amide bonds. The molecule has 0 unspecified atom stereocenters. The summed E-state index contributed by atoms with van der Waals surface area (Å²) in [5.74, 6) is -2.66. The fraction of sp³-hybridized carbons (Fsp3) is 0.407. The lowest BCUT2D eigenvalue weighted by Crippen LogP contribution is -2.59. The minimum atomic E-state index is -1.15. The average molecular weight is 510 g/mol. The molecule has 0 saturated carbocycles. The quantitative estimate of drug-likeness (QED) is 0.504. The monoisotopic (exact) mass is 509 g/mol. The van der Waals surface area contributed by atoms with Crippen LogP contribution in [0.1, 0.15) is 54.6 Å². The van der Waals surface area contributed by atoms with Gasteiger partial charge in [-0.3, -0.25) is 14.4 Å². The van der Waals surface area contributed by atoms with Gasteiger partial charge in [0.05, 0.1) is 0 Å². The maximum Gasteiger partial charge on any atom is 0.326 e. The van der Waals surface area contributed by atoms with Crippen LogP contribution in [0.2, 0.25) is 0 Å². The molecule has 2 heterocycles. The van der Waals surface area contributed by atoms with Crippen LogP contribution >= 0.6 is 11.8 Å². The number of amides is 3. The van der Waals surface area contributed by atoms with Crippen LogP contribution in [0.15, 0.2) is 54.6 Å². The van der Waals surface area contributed by atoms with Crippen LogP contribution < -0.4 is 10.6 Å². The molecule has 9 heteroatoms. The Labute approximate surface area is 214 Å². The first kappa shape index (κ1) is 25.8. The number of carboxylic acids is 1. The Kier molecular flexibility index (Phi) is 7.13. The second-order valence-corrected chi connectivity index (χ2v) is 11.8. The first-order valence-electron chi connectivity index (χ1n) is 12.0. The number of rotatable bonds is 8. The van der Waals surface area contributed by atoms with Crippen molar-refractivity contribution >= 4 is 35.5 Å². The SMILES string of the molecule is CC(C)[C@H](NC(=O)[C@H]1N2C(=O)c3ccccc3[C@H]2SC1(C)C)C(=O)N[C@@H](Cc1ccccc1)C(=O)O. The summed E-state index contributed by atoms with van der Waals surface area (Å²) >= 11 is 1.55. The zero-order chi connectivity index (χ0) is 26.2. The van der Waals surface area contributed by atoms with Crippen LogP contribution in [0.3, 0.4) is 0 Å². The minimum Gasteiger partial charge on any atom is -0.480 e. The van der Waals surface area contributed by atoms with E-state index in [1.54, 1.807) is 66.9 Å². The van der Waals surface area contributed by atoms with Crippen LogP contribution in [0.25, 0.3) is 0 Å². The normalized spacial score (nSPS) is 21.5. The zero-order valence-corrected chi connectivity index (χ0v) is 21.5. The Balaban J connectivity index is 1.51. The summed E-state index contributed by atoms with van der Waals surface area (Å²) in [5, 5.41) is 14.8. The summed E-state index contributed by atoms with van der Waals surface area (Å²) in [4.78, 5) is 53.5.